The van der Waals surface area contributed by atoms with Gasteiger partial charge in [0.2, 0.25) is 5.91 Å². The zero-order valence-electron chi connectivity index (χ0n) is 8.42. The molecule has 3 nitrogen and oxygen atoms in total. The van der Waals surface area contributed by atoms with Gasteiger partial charge in [0, 0.05) is 6.04 Å². The van der Waals surface area contributed by atoms with Gasteiger partial charge in [-0.1, -0.05) is 13.8 Å². The van der Waals surface area contributed by atoms with E-state index in [0.29, 0.717) is 18.4 Å². The maximum absolute atomic E-state index is 11.3. The number of nitrogens with one attached hydrogen (secondary N) is 1. The van der Waals surface area contributed by atoms with E-state index in [1.165, 1.54) is 6.42 Å². The zero-order valence-corrected chi connectivity index (χ0v) is 8.42. The third-order valence-electron chi connectivity index (χ3n) is 2.73. The Bertz CT molecular complexity index is 182. The summed E-state index contributed by atoms with van der Waals surface area (Å²) < 4.78 is 0. The first-order valence-electron chi connectivity index (χ1n) is 5.12. The summed E-state index contributed by atoms with van der Waals surface area (Å²) in [4.78, 5) is 11.3. The van der Waals surface area contributed by atoms with Crippen molar-refractivity contribution in [3.05, 3.63) is 0 Å². The molecule has 0 spiro atoms. The summed E-state index contributed by atoms with van der Waals surface area (Å²) in [5.41, 5.74) is 0. The van der Waals surface area contributed by atoms with Crippen LogP contribution in [0.25, 0.3) is 0 Å². The molecule has 0 aromatic carbocycles. The van der Waals surface area contributed by atoms with Crippen LogP contribution in [-0.2, 0) is 4.79 Å². The number of aliphatic hydroxyl groups is 1. The maximum atomic E-state index is 11.3. The number of amides is 1. The lowest BCUT2D eigenvalue weighted by Crippen LogP contribution is -2.39. The van der Waals surface area contributed by atoms with Crippen LogP contribution in [0.4, 0.5) is 0 Å². The normalized spacial score (nSPS) is 30.1. The number of carbonyl (C=O) groups excluding carboxylic acids is 1. The SMILES string of the molecule is CCC(O)C(=O)NC1CCC(C)C1. The summed E-state index contributed by atoms with van der Waals surface area (Å²) in [6.07, 6.45) is 2.98. The first-order chi connectivity index (χ1) is 6.13. The molecular weight excluding hydrogens is 166 g/mol. The molecule has 1 aliphatic carbocycles. The van der Waals surface area contributed by atoms with Gasteiger partial charge in [0.05, 0.1) is 0 Å². The van der Waals surface area contributed by atoms with E-state index in [2.05, 4.69) is 12.2 Å². The predicted octanol–water partition coefficient (Wildman–Crippen LogP) is 1.06. The molecule has 0 heterocycles. The van der Waals surface area contributed by atoms with E-state index in [4.69, 9.17) is 0 Å². The molecule has 1 fully saturated rings. The molecular formula is C10H19NO2. The average molecular weight is 185 g/mol. The van der Waals surface area contributed by atoms with E-state index in [9.17, 15) is 9.90 Å². The second-order valence-electron chi connectivity index (χ2n) is 4.05. The summed E-state index contributed by atoms with van der Waals surface area (Å²) in [6, 6.07) is 0.295. The van der Waals surface area contributed by atoms with E-state index in [0.717, 1.165) is 12.8 Å². The average Bonchev–Trinajstić information content (AvgIpc) is 2.49. The van der Waals surface area contributed by atoms with E-state index in [-0.39, 0.29) is 5.91 Å². The van der Waals surface area contributed by atoms with Gasteiger partial charge < -0.3 is 10.4 Å². The molecule has 1 saturated carbocycles. The van der Waals surface area contributed by atoms with Gasteiger partial charge >= 0.3 is 0 Å². The Labute approximate surface area is 79.5 Å². The monoisotopic (exact) mass is 185 g/mol. The van der Waals surface area contributed by atoms with Gasteiger partial charge in [0.25, 0.3) is 0 Å². The summed E-state index contributed by atoms with van der Waals surface area (Å²) in [7, 11) is 0. The third-order valence-corrected chi connectivity index (χ3v) is 2.73. The van der Waals surface area contributed by atoms with Crippen LogP contribution in [-0.4, -0.2) is 23.2 Å². The molecule has 2 N–H and O–H groups in total. The highest BCUT2D eigenvalue weighted by Gasteiger charge is 2.24. The molecule has 1 rings (SSSR count). The first-order valence-corrected chi connectivity index (χ1v) is 5.12. The molecule has 0 radical (unpaired) electrons. The molecule has 0 aliphatic heterocycles. The summed E-state index contributed by atoms with van der Waals surface area (Å²) in [5.74, 6) is 0.505. The minimum atomic E-state index is -0.823. The van der Waals surface area contributed by atoms with E-state index in [1.807, 2.05) is 6.92 Å². The fourth-order valence-corrected chi connectivity index (χ4v) is 1.82. The van der Waals surface area contributed by atoms with Crippen molar-refractivity contribution in [1.29, 1.82) is 0 Å². The first kappa shape index (κ1) is 10.5. The molecule has 3 atom stereocenters. The Kier molecular flexibility index (Phi) is 3.72. The summed E-state index contributed by atoms with van der Waals surface area (Å²) in [6.45, 7) is 4.00. The maximum Gasteiger partial charge on any atom is 0.249 e. The second kappa shape index (κ2) is 4.61. The van der Waals surface area contributed by atoms with Crippen molar-refractivity contribution >= 4 is 5.91 Å². The Hall–Kier alpha value is -0.570. The largest absolute Gasteiger partial charge is 0.383 e. The molecule has 0 saturated heterocycles. The molecule has 0 aromatic rings. The fraction of sp³-hybridized carbons (Fsp3) is 0.900. The van der Waals surface area contributed by atoms with Crippen LogP contribution in [0.15, 0.2) is 0 Å². The van der Waals surface area contributed by atoms with Crippen LogP contribution in [0.5, 0.6) is 0 Å². The van der Waals surface area contributed by atoms with Crippen LogP contribution >= 0.6 is 0 Å². The highest BCUT2D eigenvalue weighted by atomic mass is 16.3. The van der Waals surface area contributed by atoms with Gasteiger partial charge in [-0.15, -0.1) is 0 Å². The van der Waals surface area contributed by atoms with Crippen molar-refractivity contribution in [2.45, 2.75) is 51.7 Å². The number of aliphatic hydroxyl groups excluding tert-OH is 1. The highest BCUT2D eigenvalue weighted by molar-refractivity contribution is 5.80. The van der Waals surface area contributed by atoms with Gasteiger partial charge in [-0.2, -0.15) is 0 Å². The topological polar surface area (TPSA) is 49.3 Å². The van der Waals surface area contributed by atoms with Crippen LogP contribution < -0.4 is 5.32 Å². The Morgan fingerprint density at radius 2 is 2.31 bits per heavy atom. The van der Waals surface area contributed by atoms with Crippen molar-refractivity contribution in [1.82, 2.24) is 5.32 Å². The molecule has 13 heavy (non-hydrogen) atoms. The van der Waals surface area contributed by atoms with E-state index in [1.54, 1.807) is 0 Å². The molecule has 1 amide bonds. The van der Waals surface area contributed by atoms with Gasteiger partial charge in [0.1, 0.15) is 6.10 Å². The molecule has 0 aromatic heterocycles. The molecule has 3 unspecified atom stereocenters. The second-order valence-corrected chi connectivity index (χ2v) is 4.05. The zero-order chi connectivity index (χ0) is 9.84. The third kappa shape index (κ3) is 2.99. The number of rotatable bonds is 3. The van der Waals surface area contributed by atoms with Gasteiger partial charge in [-0.05, 0) is 31.6 Å². The minimum absolute atomic E-state index is 0.207. The quantitative estimate of drug-likeness (QED) is 0.690. The lowest BCUT2D eigenvalue weighted by atomic mass is 10.1. The molecule has 1 aliphatic rings. The lowest BCUT2D eigenvalue weighted by molar-refractivity contribution is -0.130. The van der Waals surface area contributed by atoms with E-state index >= 15 is 0 Å². The minimum Gasteiger partial charge on any atom is -0.383 e. The van der Waals surface area contributed by atoms with Crippen LogP contribution in [0.2, 0.25) is 0 Å². The number of carbonyl (C=O) groups is 1. The van der Waals surface area contributed by atoms with Gasteiger partial charge in [-0.25, -0.2) is 0 Å². The van der Waals surface area contributed by atoms with Crippen LogP contribution in [0.3, 0.4) is 0 Å². The standard InChI is InChI=1S/C10H19NO2/c1-3-9(12)10(13)11-8-5-4-7(2)6-8/h7-9,12H,3-6H2,1-2H3,(H,11,13). The number of hydrogen-bond donors (Lipinski definition) is 2. The Morgan fingerprint density at radius 1 is 1.62 bits per heavy atom. The summed E-state index contributed by atoms with van der Waals surface area (Å²) >= 11 is 0. The van der Waals surface area contributed by atoms with Crippen molar-refractivity contribution in [2.24, 2.45) is 5.92 Å². The predicted molar refractivity (Wildman–Crippen MR) is 51.2 cm³/mol. The van der Waals surface area contributed by atoms with Gasteiger partial charge in [-0.3, -0.25) is 4.79 Å². The molecule has 3 heteroatoms. The van der Waals surface area contributed by atoms with Crippen molar-refractivity contribution < 1.29 is 9.90 Å². The van der Waals surface area contributed by atoms with Crippen LogP contribution in [0, 0.1) is 5.92 Å². The van der Waals surface area contributed by atoms with Crippen molar-refractivity contribution in [3.63, 3.8) is 0 Å². The van der Waals surface area contributed by atoms with Crippen LogP contribution in [0.1, 0.15) is 39.5 Å². The van der Waals surface area contributed by atoms with Crippen molar-refractivity contribution in [3.8, 4) is 0 Å². The van der Waals surface area contributed by atoms with Crippen molar-refractivity contribution in [2.75, 3.05) is 0 Å². The summed E-state index contributed by atoms with van der Waals surface area (Å²) in [5, 5.41) is 12.1. The Balaban J connectivity index is 2.28. The Morgan fingerprint density at radius 3 is 2.77 bits per heavy atom. The molecule has 0 bridgehead atoms. The smallest absolute Gasteiger partial charge is 0.249 e. The lowest BCUT2D eigenvalue weighted by Gasteiger charge is -2.14. The van der Waals surface area contributed by atoms with Gasteiger partial charge in [0.15, 0.2) is 0 Å². The number of hydrogen-bond acceptors (Lipinski definition) is 2. The fourth-order valence-electron chi connectivity index (χ4n) is 1.82. The highest BCUT2D eigenvalue weighted by Crippen LogP contribution is 2.24. The molecule has 76 valence electrons. The van der Waals surface area contributed by atoms with E-state index < -0.39 is 6.10 Å².